The molecule has 1 nitrogen and oxygen atoms in total. The molecule has 16 heavy (non-hydrogen) atoms. The molecular formula is C14H20BrN. The summed E-state index contributed by atoms with van der Waals surface area (Å²) < 4.78 is 1.14. The molecule has 0 saturated heterocycles. The molecule has 0 aliphatic heterocycles. The highest BCUT2D eigenvalue weighted by Crippen LogP contribution is 2.50. The summed E-state index contributed by atoms with van der Waals surface area (Å²) in [6, 6.07) is 8.69. The Balaban J connectivity index is 2.33. The van der Waals surface area contributed by atoms with Gasteiger partial charge in [-0.1, -0.05) is 41.9 Å². The van der Waals surface area contributed by atoms with Crippen molar-refractivity contribution < 1.29 is 0 Å². The molecule has 1 aliphatic rings. The second kappa shape index (κ2) is 4.15. The third-order valence-electron chi connectivity index (χ3n) is 3.94. The monoisotopic (exact) mass is 281 g/mol. The topological polar surface area (TPSA) is 26.0 Å². The molecule has 0 heterocycles. The predicted molar refractivity (Wildman–Crippen MR) is 72.5 cm³/mol. The zero-order chi connectivity index (χ0) is 11.8. The van der Waals surface area contributed by atoms with Crippen LogP contribution in [-0.4, -0.2) is 6.54 Å². The van der Waals surface area contributed by atoms with Gasteiger partial charge in [-0.05, 0) is 42.4 Å². The fraction of sp³-hybridized carbons (Fsp3) is 0.571. The highest BCUT2D eigenvalue weighted by Gasteiger charge is 2.43. The molecule has 0 amide bonds. The van der Waals surface area contributed by atoms with Gasteiger partial charge in [0.2, 0.25) is 0 Å². The highest BCUT2D eigenvalue weighted by molar-refractivity contribution is 9.10. The standard InChI is InChI=1S/C14H20BrN/c1-13(2)7-8-14(9-13,10-16)11-3-5-12(15)6-4-11/h3-6H,7-10,16H2,1-2H3. The Morgan fingerprint density at radius 1 is 1.19 bits per heavy atom. The quantitative estimate of drug-likeness (QED) is 0.876. The van der Waals surface area contributed by atoms with E-state index in [-0.39, 0.29) is 5.41 Å². The number of halogens is 1. The van der Waals surface area contributed by atoms with E-state index in [0.29, 0.717) is 5.41 Å². The molecule has 0 radical (unpaired) electrons. The molecule has 1 aliphatic carbocycles. The van der Waals surface area contributed by atoms with Crippen molar-refractivity contribution in [3.8, 4) is 0 Å². The summed E-state index contributed by atoms with van der Waals surface area (Å²) in [5.74, 6) is 0. The first-order valence-corrected chi connectivity index (χ1v) is 6.73. The van der Waals surface area contributed by atoms with Crippen LogP contribution in [0.15, 0.2) is 28.7 Å². The van der Waals surface area contributed by atoms with Gasteiger partial charge in [-0.2, -0.15) is 0 Å². The highest BCUT2D eigenvalue weighted by atomic mass is 79.9. The Bertz CT molecular complexity index is 369. The summed E-state index contributed by atoms with van der Waals surface area (Å²) in [5, 5.41) is 0. The molecule has 1 saturated carbocycles. The third kappa shape index (κ3) is 2.18. The maximum atomic E-state index is 6.05. The Morgan fingerprint density at radius 3 is 2.25 bits per heavy atom. The van der Waals surface area contributed by atoms with Crippen LogP contribution < -0.4 is 5.73 Å². The lowest BCUT2D eigenvalue weighted by Crippen LogP contribution is -2.33. The van der Waals surface area contributed by atoms with E-state index in [2.05, 4.69) is 54.0 Å². The fourth-order valence-electron chi connectivity index (χ4n) is 3.01. The SMILES string of the molecule is CC1(C)CCC(CN)(c2ccc(Br)cc2)C1. The van der Waals surface area contributed by atoms with Crippen LogP contribution in [0.25, 0.3) is 0 Å². The van der Waals surface area contributed by atoms with Gasteiger partial charge in [0.1, 0.15) is 0 Å². The molecule has 88 valence electrons. The van der Waals surface area contributed by atoms with Gasteiger partial charge < -0.3 is 5.73 Å². The molecule has 1 fully saturated rings. The molecule has 1 unspecified atom stereocenters. The second-order valence-corrected chi connectivity index (χ2v) is 6.75. The third-order valence-corrected chi connectivity index (χ3v) is 4.47. The van der Waals surface area contributed by atoms with E-state index >= 15 is 0 Å². The molecule has 0 spiro atoms. The van der Waals surface area contributed by atoms with E-state index in [9.17, 15) is 0 Å². The van der Waals surface area contributed by atoms with Crippen LogP contribution in [0.3, 0.4) is 0 Å². The van der Waals surface area contributed by atoms with Crippen molar-refractivity contribution in [3.63, 3.8) is 0 Å². The van der Waals surface area contributed by atoms with E-state index in [1.165, 1.54) is 24.8 Å². The van der Waals surface area contributed by atoms with E-state index in [4.69, 9.17) is 5.73 Å². The zero-order valence-electron chi connectivity index (χ0n) is 10.1. The minimum atomic E-state index is 0.212. The fourth-order valence-corrected chi connectivity index (χ4v) is 3.28. The van der Waals surface area contributed by atoms with Crippen molar-refractivity contribution in [1.82, 2.24) is 0 Å². The largest absolute Gasteiger partial charge is 0.330 e. The van der Waals surface area contributed by atoms with Crippen LogP contribution in [0.5, 0.6) is 0 Å². The van der Waals surface area contributed by atoms with Gasteiger partial charge in [0, 0.05) is 16.4 Å². The summed E-state index contributed by atoms with van der Waals surface area (Å²) >= 11 is 3.48. The smallest absolute Gasteiger partial charge is 0.0175 e. The number of hydrogen-bond donors (Lipinski definition) is 1. The van der Waals surface area contributed by atoms with Crippen molar-refractivity contribution in [1.29, 1.82) is 0 Å². The van der Waals surface area contributed by atoms with E-state index in [1.807, 2.05) is 0 Å². The van der Waals surface area contributed by atoms with Gasteiger partial charge in [0.25, 0.3) is 0 Å². The minimum Gasteiger partial charge on any atom is -0.330 e. The minimum absolute atomic E-state index is 0.212. The molecule has 2 rings (SSSR count). The van der Waals surface area contributed by atoms with E-state index in [0.717, 1.165) is 11.0 Å². The lowest BCUT2D eigenvalue weighted by molar-refractivity contribution is 0.338. The molecule has 1 aromatic carbocycles. The van der Waals surface area contributed by atoms with Crippen molar-refractivity contribution in [2.24, 2.45) is 11.1 Å². The lowest BCUT2D eigenvalue weighted by Gasteiger charge is -2.30. The van der Waals surface area contributed by atoms with Crippen molar-refractivity contribution in [2.45, 2.75) is 38.5 Å². The van der Waals surface area contributed by atoms with Crippen LogP contribution in [0.2, 0.25) is 0 Å². The Labute approximate surface area is 107 Å². The van der Waals surface area contributed by atoms with Crippen LogP contribution in [0, 0.1) is 5.41 Å². The molecule has 0 aromatic heterocycles. The average molecular weight is 282 g/mol. The summed E-state index contributed by atoms with van der Waals surface area (Å²) in [6.07, 6.45) is 3.70. The number of benzene rings is 1. The average Bonchev–Trinajstić information content (AvgIpc) is 2.57. The molecule has 0 bridgehead atoms. The zero-order valence-corrected chi connectivity index (χ0v) is 11.7. The van der Waals surface area contributed by atoms with Gasteiger partial charge in [-0.15, -0.1) is 0 Å². The summed E-state index contributed by atoms with van der Waals surface area (Å²) in [4.78, 5) is 0. The maximum absolute atomic E-state index is 6.05. The van der Waals surface area contributed by atoms with Crippen molar-refractivity contribution >= 4 is 15.9 Å². The number of hydrogen-bond acceptors (Lipinski definition) is 1. The Hall–Kier alpha value is -0.340. The van der Waals surface area contributed by atoms with Crippen molar-refractivity contribution in [3.05, 3.63) is 34.3 Å². The van der Waals surface area contributed by atoms with E-state index in [1.54, 1.807) is 0 Å². The lowest BCUT2D eigenvalue weighted by atomic mass is 9.76. The first kappa shape index (κ1) is 12.1. The van der Waals surface area contributed by atoms with Gasteiger partial charge in [0.05, 0.1) is 0 Å². The predicted octanol–water partition coefficient (Wildman–Crippen LogP) is 3.86. The summed E-state index contributed by atoms with van der Waals surface area (Å²) in [6.45, 7) is 5.46. The first-order chi connectivity index (χ1) is 7.47. The van der Waals surface area contributed by atoms with Crippen LogP contribution >= 0.6 is 15.9 Å². The molecule has 1 aromatic rings. The van der Waals surface area contributed by atoms with Gasteiger partial charge >= 0.3 is 0 Å². The second-order valence-electron chi connectivity index (χ2n) is 5.83. The molecule has 2 N–H and O–H groups in total. The Kier molecular flexibility index (Phi) is 3.15. The molecule has 2 heteroatoms. The van der Waals surface area contributed by atoms with Crippen LogP contribution in [0.4, 0.5) is 0 Å². The van der Waals surface area contributed by atoms with Crippen molar-refractivity contribution in [2.75, 3.05) is 6.54 Å². The number of rotatable bonds is 2. The Morgan fingerprint density at radius 2 is 1.81 bits per heavy atom. The van der Waals surface area contributed by atoms with Crippen LogP contribution in [0.1, 0.15) is 38.7 Å². The normalized spacial score (nSPS) is 28.2. The number of nitrogens with two attached hydrogens (primary N) is 1. The van der Waals surface area contributed by atoms with Gasteiger partial charge in [-0.3, -0.25) is 0 Å². The molecular weight excluding hydrogens is 262 g/mol. The van der Waals surface area contributed by atoms with Gasteiger partial charge in [-0.25, -0.2) is 0 Å². The van der Waals surface area contributed by atoms with Crippen LogP contribution in [-0.2, 0) is 5.41 Å². The summed E-state index contributed by atoms with van der Waals surface area (Å²) in [5.41, 5.74) is 8.10. The molecule has 1 atom stereocenters. The van der Waals surface area contributed by atoms with Gasteiger partial charge in [0.15, 0.2) is 0 Å². The first-order valence-electron chi connectivity index (χ1n) is 5.94. The summed E-state index contributed by atoms with van der Waals surface area (Å²) in [7, 11) is 0. The van der Waals surface area contributed by atoms with E-state index < -0.39 is 0 Å². The maximum Gasteiger partial charge on any atom is 0.0175 e.